The van der Waals surface area contributed by atoms with E-state index in [0.717, 1.165) is 25.9 Å². The van der Waals surface area contributed by atoms with Gasteiger partial charge in [-0.3, -0.25) is 0 Å². The number of sulfone groups is 1. The van der Waals surface area contributed by atoms with Gasteiger partial charge in [0.2, 0.25) is 5.96 Å². The molecule has 8 nitrogen and oxygen atoms in total. The van der Waals surface area contributed by atoms with Crippen LogP contribution in [0.25, 0.3) is 0 Å². The third-order valence-corrected chi connectivity index (χ3v) is 4.97. The standard InChI is InChI=1S/C15H24N6O2S/c1-10-4-3-7-21(9-10)12-8-11(19-15(18)20-14(16)17)5-6-13(12)24(2,22)23/h5-6,8,10H,3-4,7,9H2,1-2H3,(H6,16,17,18,19,20). The zero-order valence-corrected chi connectivity index (χ0v) is 14.8. The summed E-state index contributed by atoms with van der Waals surface area (Å²) in [6, 6.07) is 4.84. The van der Waals surface area contributed by atoms with E-state index in [0.29, 0.717) is 17.3 Å². The molecule has 9 heteroatoms. The number of benzene rings is 1. The van der Waals surface area contributed by atoms with Crippen molar-refractivity contribution in [3.05, 3.63) is 18.2 Å². The van der Waals surface area contributed by atoms with E-state index in [2.05, 4.69) is 21.8 Å². The van der Waals surface area contributed by atoms with Crippen LogP contribution in [0.15, 0.2) is 33.1 Å². The van der Waals surface area contributed by atoms with Crippen molar-refractivity contribution in [1.82, 2.24) is 0 Å². The number of anilines is 1. The molecule has 1 aromatic rings. The van der Waals surface area contributed by atoms with Crippen LogP contribution in [0.4, 0.5) is 11.4 Å². The molecule has 0 amide bonds. The number of nitrogens with two attached hydrogens (primary N) is 3. The summed E-state index contributed by atoms with van der Waals surface area (Å²) in [6.07, 6.45) is 3.36. The molecule has 1 aliphatic rings. The summed E-state index contributed by atoms with van der Waals surface area (Å²) < 4.78 is 24.2. The Labute approximate surface area is 142 Å². The molecular weight excluding hydrogens is 328 g/mol. The zero-order valence-electron chi connectivity index (χ0n) is 13.9. The van der Waals surface area contributed by atoms with Crippen molar-refractivity contribution < 1.29 is 8.42 Å². The second kappa shape index (κ2) is 7.08. The zero-order chi connectivity index (χ0) is 17.9. The molecule has 24 heavy (non-hydrogen) atoms. The highest BCUT2D eigenvalue weighted by Crippen LogP contribution is 2.32. The topological polar surface area (TPSA) is 140 Å². The summed E-state index contributed by atoms with van der Waals surface area (Å²) in [5.41, 5.74) is 17.3. The Hall–Kier alpha value is -2.29. The molecule has 1 fully saturated rings. The first-order valence-electron chi connectivity index (χ1n) is 7.69. The van der Waals surface area contributed by atoms with E-state index in [1.165, 1.54) is 6.26 Å². The monoisotopic (exact) mass is 352 g/mol. The first-order chi connectivity index (χ1) is 11.2. The molecule has 1 aromatic carbocycles. The van der Waals surface area contributed by atoms with Gasteiger partial charge in [0.05, 0.1) is 16.3 Å². The van der Waals surface area contributed by atoms with E-state index in [9.17, 15) is 8.42 Å². The maximum absolute atomic E-state index is 12.1. The van der Waals surface area contributed by atoms with Crippen LogP contribution in [-0.2, 0) is 9.84 Å². The lowest BCUT2D eigenvalue weighted by molar-refractivity contribution is 0.445. The summed E-state index contributed by atoms with van der Waals surface area (Å²) >= 11 is 0. The molecule has 1 heterocycles. The molecule has 0 aliphatic carbocycles. The molecule has 1 saturated heterocycles. The second-order valence-electron chi connectivity index (χ2n) is 6.12. The van der Waals surface area contributed by atoms with Crippen LogP contribution in [0.5, 0.6) is 0 Å². The van der Waals surface area contributed by atoms with Gasteiger partial charge in [-0.25, -0.2) is 13.4 Å². The Balaban J connectivity index is 2.48. The summed E-state index contributed by atoms with van der Waals surface area (Å²) in [6.45, 7) is 3.77. The van der Waals surface area contributed by atoms with Gasteiger partial charge in [0.15, 0.2) is 15.8 Å². The molecule has 1 aliphatic heterocycles. The van der Waals surface area contributed by atoms with Gasteiger partial charge in [-0.1, -0.05) is 6.92 Å². The number of guanidine groups is 2. The maximum atomic E-state index is 12.1. The third-order valence-electron chi connectivity index (χ3n) is 3.83. The summed E-state index contributed by atoms with van der Waals surface area (Å²) in [4.78, 5) is 10.2. The van der Waals surface area contributed by atoms with Gasteiger partial charge in [0.25, 0.3) is 0 Å². The number of piperidine rings is 1. The highest BCUT2D eigenvalue weighted by atomic mass is 32.2. The molecule has 0 radical (unpaired) electrons. The lowest BCUT2D eigenvalue weighted by atomic mass is 10.00. The molecule has 0 spiro atoms. The Kier molecular flexibility index (Phi) is 5.33. The van der Waals surface area contributed by atoms with Crippen molar-refractivity contribution in [3.63, 3.8) is 0 Å². The Bertz CT molecular complexity index is 768. The van der Waals surface area contributed by atoms with E-state index >= 15 is 0 Å². The van der Waals surface area contributed by atoms with Gasteiger partial charge >= 0.3 is 0 Å². The number of hydrogen-bond donors (Lipinski definition) is 3. The molecule has 0 bridgehead atoms. The van der Waals surface area contributed by atoms with E-state index in [1.54, 1.807) is 18.2 Å². The van der Waals surface area contributed by atoms with Crippen molar-refractivity contribution >= 4 is 33.1 Å². The molecule has 2 rings (SSSR count). The molecular formula is C15H24N6O2S. The molecule has 1 unspecified atom stereocenters. The average molecular weight is 352 g/mol. The summed E-state index contributed by atoms with van der Waals surface area (Å²) in [5.74, 6) is 0.235. The summed E-state index contributed by atoms with van der Waals surface area (Å²) in [5, 5.41) is 0. The molecule has 6 N–H and O–H groups in total. The second-order valence-corrected chi connectivity index (χ2v) is 8.11. The van der Waals surface area contributed by atoms with Crippen molar-refractivity contribution in [3.8, 4) is 0 Å². The van der Waals surface area contributed by atoms with E-state index in [1.807, 2.05) is 0 Å². The SMILES string of the molecule is CC1CCCN(c2cc(N=C(N)N=C(N)N)ccc2S(C)(=O)=O)C1. The van der Waals surface area contributed by atoms with Gasteiger partial charge < -0.3 is 22.1 Å². The predicted molar refractivity (Wildman–Crippen MR) is 97.3 cm³/mol. The minimum atomic E-state index is -3.35. The van der Waals surface area contributed by atoms with Gasteiger partial charge in [-0.15, -0.1) is 0 Å². The average Bonchev–Trinajstić information content (AvgIpc) is 2.45. The molecule has 0 saturated carbocycles. The van der Waals surface area contributed by atoms with E-state index in [4.69, 9.17) is 17.2 Å². The van der Waals surface area contributed by atoms with Crippen molar-refractivity contribution in [2.75, 3.05) is 24.2 Å². The van der Waals surface area contributed by atoms with Gasteiger partial charge in [0, 0.05) is 19.3 Å². The van der Waals surface area contributed by atoms with Crippen LogP contribution >= 0.6 is 0 Å². The fourth-order valence-electron chi connectivity index (χ4n) is 2.83. The Morgan fingerprint density at radius 2 is 2.00 bits per heavy atom. The number of hydrogen-bond acceptors (Lipinski definition) is 4. The Morgan fingerprint density at radius 3 is 2.58 bits per heavy atom. The first kappa shape index (κ1) is 18.1. The van der Waals surface area contributed by atoms with Crippen LogP contribution < -0.4 is 22.1 Å². The van der Waals surface area contributed by atoms with Gasteiger partial charge in [-0.2, -0.15) is 4.99 Å². The normalized spacial score (nSPS) is 19.2. The number of aliphatic imine (C=N–C) groups is 2. The highest BCUT2D eigenvalue weighted by Gasteiger charge is 2.23. The summed E-state index contributed by atoms with van der Waals surface area (Å²) in [7, 11) is -3.35. The van der Waals surface area contributed by atoms with Crippen molar-refractivity contribution in [1.29, 1.82) is 0 Å². The lowest BCUT2D eigenvalue weighted by Gasteiger charge is -2.34. The number of nitrogens with zero attached hydrogens (tertiary/aromatic N) is 3. The predicted octanol–water partition coefficient (Wildman–Crippen LogP) is 0.546. The van der Waals surface area contributed by atoms with Gasteiger partial charge in [-0.05, 0) is 37.0 Å². The Morgan fingerprint density at radius 1 is 1.29 bits per heavy atom. The minimum absolute atomic E-state index is 0.0833. The van der Waals surface area contributed by atoms with Crippen LogP contribution in [0.1, 0.15) is 19.8 Å². The maximum Gasteiger partial charge on any atom is 0.223 e. The van der Waals surface area contributed by atoms with E-state index in [-0.39, 0.29) is 16.8 Å². The van der Waals surface area contributed by atoms with E-state index < -0.39 is 9.84 Å². The van der Waals surface area contributed by atoms with Crippen molar-refractivity contribution in [2.45, 2.75) is 24.7 Å². The third kappa shape index (κ3) is 4.60. The quantitative estimate of drug-likeness (QED) is 0.536. The van der Waals surface area contributed by atoms with Crippen LogP contribution in [0.3, 0.4) is 0 Å². The smallest absolute Gasteiger partial charge is 0.223 e. The van der Waals surface area contributed by atoms with Gasteiger partial charge in [0.1, 0.15) is 0 Å². The largest absolute Gasteiger partial charge is 0.370 e. The number of rotatable bonds is 3. The minimum Gasteiger partial charge on any atom is -0.370 e. The first-order valence-corrected chi connectivity index (χ1v) is 9.59. The molecule has 132 valence electrons. The molecule has 1 atom stereocenters. The fourth-order valence-corrected chi connectivity index (χ4v) is 3.72. The molecule has 0 aromatic heterocycles. The van der Waals surface area contributed by atoms with Crippen LogP contribution in [-0.4, -0.2) is 39.7 Å². The van der Waals surface area contributed by atoms with Crippen LogP contribution in [0.2, 0.25) is 0 Å². The van der Waals surface area contributed by atoms with Crippen LogP contribution in [0, 0.1) is 5.92 Å². The highest BCUT2D eigenvalue weighted by molar-refractivity contribution is 7.90. The van der Waals surface area contributed by atoms with Crippen molar-refractivity contribution in [2.24, 2.45) is 33.1 Å². The fraction of sp³-hybridized carbons (Fsp3) is 0.467. The lowest BCUT2D eigenvalue weighted by Crippen LogP contribution is -2.35.